The monoisotopic (exact) mass is 206 g/mol. The lowest BCUT2D eigenvalue weighted by atomic mass is 9.96. The highest BCUT2D eigenvalue weighted by Gasteiger charge is 2.02. The molecule has 1 heterocycles. The maximum absolute atomic E-state index is 4.39. The van der Waals surface area contributed by atoms with Crippen molar-refractivity contribution in [2.24, 2.45) is 0 Å². The van der Waals surface area contributed by atoms with Crippen molar-refractivity contribution >= 4 is 24.3 Å². The molecule has 2 nitrogen and oxygen atoms in total. The Morgan fingerprint density at radius 1 is 1.00 bits per heavy atom. The number of aromatic nitrogens is 2. The third-order valence-corrected chi connectivity index (χ3v) is 2.73. The Hall–Kier alpha value is -2.03. The second kappa shape index (κ2) is 3.52. The summed E-state index contributed by atoms with van der Waals surface area (Å²) in [5.74, 6) is 0. The van der Waals surface area contributed by atoms with Crippen LogP contribution in [0.15, 0.2) is 54.9 Å². The van der Waals surface area contributed by atoms with E-state index >= 15 is 0 Å². The highest BCUT2D eigenvalue weighted by Crippen LogP contribution is 2.16. The van der Waals surface area contributed by atoms with E-state index in [0.717, 1.165) is 16.7 Å². The van der Waals surface area contributed by atoms with Gasteiger partial charge in [-0.3, -0.25) is 4.57 Å². The van der Waals surface area contributed by atoms with Gasteiger partial charge >= 0.3 is 0 Å². The molecule has 0 radical (unpaired) electrons. The van der Waals surface area contributed by atoms with Gasteiger partial charge in [-0.05, 0) is 24.3 Å². The van der Waals surface area contributed by atoms with Crippen molar-refractivity contribution in [1.29, 1.82) is 0 Å². The SMILES string of the molecule is Bc1cccc(-n2cnc3ccccc32)c1. The number of hydrogen-bond acceptors (Lipinski definition) is 1. The van der Waals surface area contributed by atoms with E-state index in [-0.39, 0.29) is 0 Å². The van der Waals surface area contributed by atoms with Gasteiger partial charge < -0.3 is 0 Å². The van der Waals surface area contributed by atoms with Crippen LogP contribution in [0.3, 0.4) is 0 Å². The van der Waals surface area contributed by atoms with Crippen molar-refractivity contribution in [2.45, 2.75) is 0 Å². The van der Waals surface area contributed by atoms with Crippen LogP contribution in [0, 0.1) is 0 Å². The van der Waals surface area contributed by atoms with Gasteiger partial charge in [0.1, 0.15) is 14.2 Å². The summed E-state index contributed by atoms with van der Waals surface area (Å²) in [5, 5.41) is 0. The van der Waals surface area contributed by atoms with Crippen LogP contribution in [0.5, 0.6) is 0 Å². The van der Waals surface area contributed by atoms with Crippen molar-refractivity contribution in [1.82, 2.24) is 9.55 Å². The van der Waals surface area contributed by atoms with Gasteiger partial charge in [0.15, 0.2) is 0 Å². The fourth-order valence-electron chi connectivity index (χ4n) is 1.94. The van der Waals surface area contributed by atoms with Crippen LogP contribution in [0.1, 0.15) is 0 Å². The summed E-state index contributed by atoms with van der Waals surface area (Å²) in [4.78, 5) is 4.39. The number of nitrogens with zero attached hydrogens (tertiary/aromatic N) is 2. The van der Waals surface area contributed by atoms with Crippen molar-refractivity contribution in [3.05, 3.63) is 54.9 Å². The first-order chi connectivity index (χ1) is 7.84. The highest BCUT2D eigenvalue weighted by atomic mass is 15.0. The molecule has 3 heteroatoms. The Morgan fingerprint density at radius 3 is 2.75 bits per heavy atom. The van der Waals surface area contributed by atoms with Crippen LogP contribution in [-0.4, -0.2) is 17.4 Å². The summed E-state index contributed by atoms with van der Waals surface area (Å²) >= 11 is 0. The van der Waals surface area contributed by atoms with Gasteiger partial charge in [-0.25, -0.2) is 4.98 Å². The number of fused-ring (bicyclic) bond motifs is 1. The van der Waals surface area contributed by atoms with Crippen molar-refractivity contribution in [2.75, 3.05) is 0 Å². The van der Waals surface area contributed by atoms with Crippen LogP contribution in [0.25, 0.3) is 16.7 Å². The Labute approximate surface area is 95.0 Å². The molecule has 0 spiro atoms. The van der Waals surface area contributed by atoms with Gasteiger partial charge in [0, 0.05) is 5.69 Å². The molecule has 0 N–H and O–H groups in total. The molecule has 0 aliphatic rings. The lowest BCUT2D eigenvalue weighted by Gasteiger charge is -2.04. The minimum absolute atomic E-state index is 1.03. The molecular weight excluding hydrogens is 195 g/mol. The molecule has 16 heavy (non-hydrogen) atoms. The van der Waals surface area contributed by atoms with E-state index in [0.29, 0.717) is 0 Å². The average Bonchev–Trinajstić information content (AvgIpc) is 2.72. The topological polar surface area (TPSA) is 17.8 Å². The number of benzene rings is 2. The van der Waals surface area contributed by atoms with E-state index in [9.17, 15) is 0 Å². The molecule has 0 aliphatic heterocycles. The summed E-state index contributed by atoms with van der Waals surface area (Å²) in [6.45, 7) is 0. The van der Waals surface area contributed by atoms with E-state index < -0.39 is 0 Å². The summed E-state index contributed by atoms with van der Waals surface area (Å²) in [6.07, 6.45) is 1.87. The van der Waals surface area contributed by atoms with E-state index in [1.54, 1.807) is 0 Å². The van der Waals surface area contributed by atoms with Gasteiger partial charge in [-0.15, -0.1) is 0 Å². The molecule has 0 aliphatic carbocycles. The highest BCUT2D eigenvalue weighted by molar-refractivity contribution is 6.32. The van der Waals surface area contributed by atoms with Gasteiger partial charge in [0.2, 0.25) is 0 Å². The molecule has 0 saturated carbocycles. The maximum Gasteiger partial charge on any atom is 0.139 e. The van der Waals surface area contributed by atoms with Gasteiger partial charge in [-0.2, -0.15) is 0 Å². The van der Waals surface area contributed by atoms with E-state index in [4.69, 9.17) is 0 Å². The Bertz CT molecular complexity index is 643. The molecule has 76 valence electrons. The molecule has 3 aromatic rings. The zero-order valence-corrected chi connectivity index (χ0v) is 9.09. The minimum Gasteiger partial charge on any atom is -0.299 e. The minimum atomic E-state index is 1.03. The van der Waals surface area contributed by atoms with Crippen molar-refractivity contribution in [3.63, 3.8) is 0 Å². The predicted octanol–water partition coefficient (Wildman–Crippen LogP) is 1.28. The lowest BCUT2D eigenvalue weighted by Crippen LogP contribution is -2.03. The third kappa shape index (κ3) is 1.41. The summed E-state index contributed by atoms with van der Waals surface area (Å²) in [6, 6.07) is 16.6. The van der Waals surface area contributed by atoms with Gasteiger partial charge in [0.25, 0.3) is 0 Å². The summed E-state index contributed by atoms with van der Waals surface area (Å²) < 4.78 is 2.11. The molecule has 0 saturated heterocycles. The fraction of sp³-hybridized carbons (Fsp3) is 0. The molecule has 0 unspecified atom stereocenters. The van der Waals surface area contributed by atoms with Crippen LogP contribution in [0.4, 0.5) is 0 Å². The zero-order chi connectivity index (χ0) is 11.0. The van der Waals surface area contributed by atoms with E-state index in [1.807, 2.05) is 24.5 Å². The first kappa shape index (κ1) is 9.22. The molecule has 0 amide bonds. The Morgan fingerprint density at radius 2 is 1.88 bits per heavy atom. The second-order valence-electron chi connectivity index (χ2n) is 3.94. The quantitative estimate of drug-likeness (QED) is 0.548. The van der Waals surface area contributed by atoms with Crippen LogP contribution >= 0.6 is 0 Å². The van der Waals surface area contributed by atoms with Crippen molar-refractivity contribution in [3.8, 4) is 5.69 Å². The summed E-state index contributed by atoms with van der Waals surface area (Å²) in [5.41, 5.74) is 4.60. The standard InChI is InChI=1S/C13H11BN2/c14-10-4-3-5-11(8-10)16-9-15-12-6-1-2-7-13(12)16/h1-9H,14H2. The Balaban J connectivity index is 2.26. The lowest BCUT2D eigenvalue weighted by molar-refractivity contribution is 1.09. The molecule has 1 aromatic heterocycles. The normalized spacial score (nSPS) is 10.8. The number of hydrogen-bond donors (Lipinski definition) is 0. The molecule has 2 aromatic carbocycles. The largest absolute Gasteiger partial charge is 0.299 e. The second-order valence-corrected chi connectivity index (χ2v) is 3.94. The molecular formula is C13H11BN2. The third-order valence-electron chi connectivity index (χ3n) is 2.73. The van der Waals surface area contributed by atoms with E-state index in [2.05, 4.69) is 47.7 Å². The van der Waals surface area contributed by atoms with E-state index in [1.165, 1.54) is 5.46 Å². The Kier molecular flexibility index (Phi) is 2.03. The maximum atomic E-state index is 4.39. The van der Waals surface area contributed by atoms with Crippen LogP contribution < -0.4 is 5.46 Å². The molecule has 0 fully saturated rings. The predicted molar refractivity (Wildman–Crippen MR) is 69.2 cm³/mol. The zero-order valence-electron chi connectivity index (χ0n) is 9.09. The summed E-state index contributed by atoms with van der Waals surface area (Å²) in [7, 11) is 2.10. The number of imidazole rings is 1. The first-order valence-electron chi connectivity index (χ1n) is 5.34. The van der Waals surface area contributed by atoms with Gasteiger partial charge in [0.05, 0.1) is 11.0 Å². The van der Waals surface area contributed by atoms with Gasteiger partial charge in [-0.1, -0.05) is 29.7 Å². The fourth-order valence-corrected chi connectivity index (χ4v) is 1.94. The number of para-hydroxylation sites is 2. The molecule has 0 atom stereocenters. The molecule has 0 bridgehead atoms. The van der Waals surface area contributed by atoms with Crippen LogP contribution in [0.2, 0.25) is 0 Å². The number of rotatable bonds is 1. The molecule has 3 rings (SSSR count). The van der Waals surface area contributed by atoms with Crippen molar-refractivity contribution < 1.29 is 0 Å². The smallest absolute Gasteiger partial charge is 0.139 e. The first-order valence-corrected chi connectivity index (χ1v) is 5.34. The van der Waals surface area contributed by atoms with Crippen LogP contribution in [-0.2, 0) is 0 Å². The average molecular weight is 206 g/mol.